The summed E-state index contributed by atoms with van der Waals surface area (Å²) < 4.78 is 23.0. The highest BCUT2D eigenvalue weighted by atomic mass is 32.2. The predicted molar refractivity (Wildman–Crippen MR) is 74.2 cm³/mol. The summed E-state index contributed by atoms with van der Waals surface area (Å²) in [5.74, 6) is 1.04. The number of hydrogen-bond donors (Lipinski definition) is 1. The van der Waals surface area contributed by atoms with Crippen molar-refractivity contribution in [1.29, 1.82) is 0 Å². The molecule has 0 spiro atoms. The standard InChI is InChI=1S/C14H21NO2S/c1-11(2)14(12-6-4-3-5-7-12)15-13-8-9-18(16,17)10-13/h3-7,11,13-15H,8-10H2,1-2H3. The van der Waals surface area contributed by atoms with Gasteiger partial charge in [-0.05, 0) is 17.9 Å². The van der Waals surface area contributed by atoms with Gasteiger partial charge in [-0.1, -0.05) is 44.2 Å². The lowest BCUT2D eigenvalue weighted by Gasteiger charge is -2.26. The van der Waals surface area contributed by atoms with Crippen LogP contribution in [0.25, 0.3) is 0 Å². The topological polar surface area (TPSA) is 46.2 Å². The molecular weight excluding hydrogens is 246 g/mol. The van der Waals surface area contributed by atoms with Crippen molar-refractivity contribution in [2.75, 3.05) is 11.5 Å². The molecule has 1 saturated heterocycles. The van der Waals surface area contributed by atoms with Crippen molar-refractivity contribution in [2.24, 2.45) is 5.92 Å². The van der Waals surface area contributed by atoms with Crippen molar-refractivity contribution < 1.29 is 8.42 Å². The molecule has 4 heteroatoms. The summed E-state index contributed by atoms with van der Waals surface area (Å²) >= 11 is 0. The minimum Gasteiger partial charge on any atom is -0.306 e. The molecule has 1 aliphatic rings. The van der Waals surface area contributed by atoms with E-state index >= 15 is 0 Å². The SMILES string of the molecule is CC(C)C(NC1CCS(=O)(=O)C1)c1ccccc1. The Morgan fingerprint density at radius 3 is 2.39 bits per heavy atom. The largest absolute Gasteiger partial charge is 0.306 e. The summed E-state index contributed by atoms with van der Waals surface area (Å²) in [4.78, 5) is 0. The van der Waals surface area contributed by atoms with Crippen molar-refractivity contribution >= 4 is 9.84 Å². The van der Waals surface area contributed by atoms with Gasteiger partial charge in [-0.25, -0.2) is 8.42 Å². The zero-order valence-corrected chi connectivity index (χ0v) is 11.8. The van der Waals surface area contributed by atoms with E-state index < -0.39 is 9.84 Å². The maximum atomic E-state index is 11.5. The van der Waals surface area contributed by atoms with Crippen LogP contribution in [0.15, 0.2) is 30.3 Å². The van der Waals surface area contributed by atoms with Gasteiger partial charge in [0.1, 0.15) is 0 Å². The predicted octanol–water partition coefficient (Wildman–Crippen LogP) is 2.16. The quantitative estimate of drug-likeness (QED) is 0.909. The molecule has 0 radical (unpaired) electrons. The molecule has 1 aromatic rings. The van der Waals surface area contributed by atoms with Crippen LogP contribution in [-0.2, 0) is 9.84 Å². The second-order valence-corrected chi connectivity index (χ2v) is 7.63. The number of sulfone groups is 1. The highest BCUT2D eigenvalue weighted by Gasteiger charge is 2.30. The van der Waals surface area contributed by atoms with Gasteiger partial charge in [0.2, 0.25) is 0 Å². The lowest BCUT2D eigenvalue weighted by molar-refractivity contribution is 0.372. The summed E-state index contributed by atoms with van der Waals surface area (Å²) in [6.07, 6.45) is 0.735. The Bertz CT molecular complexity index is 482. The molecule has 1 aromatic carbocycles. The minimum atomic E-state index is -2.81. The fourth-order valence-corrected chi connectivity index (χ4v) is 4.20. The Hall–Kier alpha value is -0.870. The van der Waals surface area contributed by atoms with E-state index in [1.807, 2.05) is 18.2 Å². The highest BCUT2D eigenvalue weighted by Crippen LogP contribution is 2.24. The van der Waals surface area contributed by atoms with Gasteiger partial charge in [-0.3, -0.25) is 0 Å². The molecule has 0 bridgehead atoms. The van der Waals surface area contributed by atoms with E-state index in [1.165, 1.54) is 5.56 Å². The molecular formula is C14H21NO2S. The maximum absolute atomic E-state index is 11.5. The highest BCUT2D eigenvalue weighted by molar-refractivity contribution is 7.91. The molecule has 0 saturated carbocycles. The van der Waals surface area contributed by atoms with Gasteiger partial charge >= 0.3 is 0 Å². The zero-order valence-electron chi connectivity index (χ0n) is 11.0. The van der Waals surface area contributed by atoms with Crippen LogP contribution in [0.2, 0.25) is 0 Å². The van der Waals surface area contributed by atoms with Crippen LogP contribution < -0.4 is 5.32 Å². The molecule has 3 nitrogen and oxygen atoms in total. The molecule has 1 N–H and O–H groups in total. The van der Waals surface area contributed by atoms with Crippen LogP contribution >= 0.6 is 0 Å². The molecule has 18 heavy (non-hydrogen) atoms. The Morgan fingerprint density at radius 2 is 1.89 bits per heavy atom. The monoisotopic (exact) mass is 267 g/mol. The lowest BCUT2D eigenvalue weighted by Crippen LogP contribution is -2.36. The van der Waals surface area contributed by atoms with Crippen molar-refractivity contribution in [3.63, 3.8) is 0 Å². The normalized spacial score (nSPS) is 24.3. The molecule has 1 heterocycles. The fourth-order valence-electron chi connectivity index (χ4n) is 2.51. The third-order valence-electron chi connectivity index (χ3n) is 3.47. The molecule has 0 aliphatic carbocycles. The van der Waals surface area contributed by atoms with E-state index in [0.29, 0.717) is 11.7 Å². The first-order chi connectivity index (χ1) is 8.48. The van der Waals surface area contributed by atoms with Gasteiger partial charge in [0.25, 0.3) is 0 Å². The average molecular weight is 267 g/mol. The summed E-state index contributed by atoms with van der Waals surface area (Å²) in [6, 6.07) is 10.6. The van der Waals surface area contributed by atoms with Gasteiger partial charge < -0.3 is 5.32 Å². The first-order valence-electron chi connectivity index (χ1n) is 6.49. The van der Waals surface area contributed by atoms with Crippen molar-refractivity contribution in [1.82, 2.24) is 5.32 Å². The number of nitrogens with one attached hydrogen (secondary N) is 1. The van der Waals surface area contributed by atoms with Crippen molar-refractivity contribution in [2.45, 2.75) is 32.4 Å². The summed E-state index contributed by atoms with van der Waals surface area (Å²) in [5.41, 5.74) is 1.23. The van der Waals surface area contributed by atoms with Crippen LogP contribution in [0, 0.1) is 5.92 Å². The number of benzene rings is 1. The molecule has 2 unspecified atom stereocenters. The van der Waals surface area contributed by atoms with Crippen molar-refractivity contribution in [3.05, 3.63) is 35.9 Å². The van der Waals surface area contributed by atoms with Crippen LogP contribution in [0.3, 0.4) is 0 Å². The first-order valence-corrected chi connectivity index (χ1v) is 8.31. The van der Waals surface area contributed by atoms with Crippen LogP contribution in [0.1, 0.15) is 31.9 Å². The average Bonchev–Trinajstić information content (AvgIpc) is 2.66. The van der Waals surface area contributed by atoms with Crippen LogP contribution in [0.5, 0.6) is 0 Å². The molecule has 0 aromatic heterocycles. The van der Waals surface area contributed by atoms with Crippen LogP contribution in [0.4, 0.5) is 0 Å². The van der Waals surface area contributed by atoms with E-state index in [-0.39, 0.29) is 17.8 Å². The second-order valence-electron chi connectivity index (χ2n) is 5.40. The summed E-state index contributed by atoms with van der Waals surface area (Å²) in [6.45, 7) is 4.32. The minimum absolute atomic E-state index is 0.0996. The van der Waals surface area contributed by atoms with E-state index in [9.17, 15) is 8.42 Å². The smallest absolute Gasteiger partial charge is 0.151 e. The Labute approximate surface area is 110 Å². The Balaban J connectivity index is 2.09. The van der Waals surface area contributed by atoms with E-state index in [4.69, 9.17) is 0 Å². The number of rotatable bonds is 4. The first kappa shape index (κ1) is 13.6. The second kappa shape index (κ2) is 5.41. The van der Waals surface area contributed by atoms with Crippen LogP contribution in [-0.4, -0.2) is 26.0 Å². The summed E-state index contributed by atoms with van der Waals surface area (Å²) in [5, 5.41) is 3.51. The number of hydrogen-bond acceptors (Lipinski definition) is 3. The molecule has 1 fully saturated rings. The van der Waals surface area contributed by atoms with E-state index in [0.717, 1.165) is 6.42 Å². The fraction of sp³-hybridized carbons (Fsp3) is 0.571. The molecule has 0 amide bonds. The third-order valence-corrected chi connectivity index (χ3v) is 5.24. The molecule has 1 aliphatic heterocycles. The van der Waals surface area contributed by atoms with Gasteiger partial charge in [0, 0.05) is 12.1 Å². The maximum Gasteiger partial charge on any atom is 0.151 e. The molecule has 2 rings (SSSR count). The Morgan fingerprint density at radius 1 is 1.22 bits per heavy atom. The third kappa shape index (κ3) is 3.33. The summed E-state index contributed by atoms with van der Waals surface area (Å²) in [7, 11) is -2.81. The zero-order chi connectivity index (χ0) is 13.2. The van der Waals surface area contributed by atoms with E-state index in [2.05, 4.69) is 31.3 Å². The van der Waals surface area contributed by atoms with E-state index in [1.54, 1.807) is 0 Å². The van der Waals surface area contributed by atoms with Gasteiger partial charge in [0.15, 0.2) is 9.84 Å². The molecule has 100 valence electrons. The lowest BCUT2D eigenvalue weighted by atomic mass is 9.95. The Kier molecular flexibility index (Phi) is 4.07. The molecule has 2 atom stereocenters. The van der Waals surface area contributed by atoms with Gasteiger partial charge in [-0.15, -0.1) is 0 Å². The van der Waals surface area contributed by atoms with Gasteiger partial charge in [-0.2, -0.15) is 0 Å². The van der Waals surface area contributed by atoms with Crippen molar-refractivity contribution in [3.8, 4) is 0 Å². The van der Waals surface area contributed by atoms with Gasteiger partial charge in [0.05, 0.1) is 11.5 Å².